The van der Waals surface area contributed by atoms with Crippen LogP contribution in [0.3, 0.4) is 0 Å². The van der Waals surface area contributed by atoms with Gasteiger partial charge < -0.3 is 23.6 Å². The maximum atomic E-state index is 13.5. The monoisotopic (exact) mass is 673 g/mol. The van der Waals surface area contributed by atoms with Crippen LogP contribution in [0.5, 0.6) is 11.5 Å². The van der Waals surface area contributed by atoms with Crippen LogP contribution in [0.4, 0.5) is 4.39 Å². The number of nitrogens with zero attached hydrogens (tertiary/aromatic N) is 4. The first-order valence-electron chi connectivity index (χ1n) is 16.1. The zero-order chi connectivity index (χ0) is 34.3. The number of benzene rings is 4. The molecule has 3 heterocycles. The number of halogens is 1. The Morgan fingerprint density at radius 1 is 0.780 bits per heavy atom. The van der Waals surface area contributed by atoms with Gasteiger partial charge in [-0.1, -0.05) is 17.3 Å². The maximum absolute atomic E-state index is 13.5. The van der Waals surface area contributed by atoms with E-state index < -0.39 is 5.82 Å². The summed E-state index contributed by atoms with van der Waals surface area (Å²) in [5.41, 5.74) is 2.89. The third-order valence-electron chi connectivity index (χ3n) is 7.96. The number of H-pyrrole nitrogens is 1. The highest BCUT2D eigenvalue weighted by atomic mass is 19.1. The first kappa shape index (κ1) is 32.4. The quantitative estimate of drug-likeness (QED) is 0.134. The highest BCUT2D eigenvalue weighted by Crippen LogP contribution is 2.25. The summed E-state index contributed by atoms with van der Waals surface area (Å²) in [4.78, 5) is 32.2. The minimum absolute atomic E-state index is 0.166. The van der Waals surface area contributed by atoms with Crippen molar-refractivity contribution in [1.29, 1.82) is 0 Å². The van der Waals surface area contributed by atoms with Crippen LogP contribution in [-0.2, 0) is 17.7 Å². The van der Waals surface area contributed by atoms with Gasteiger partial charge in [-0.15, -0.1) is 5.10 Å². The van der Waals surface area contributed by atoms with Gasteiger partial charge in [-0.25, -0.2) is 14.1 Å². The number of para-hydroxylation sites is 1. The SMILES string of the molecule is O=c1[nH]c(-c2ccc(OCCCc3cn(CCOCCOc4ccc(-c5cc(=O)c6cc(F)ccc6o5)cc4)nn3)cc2)nc2ccccc12. The van der Waals surface area contributed by atoms with Gasteiger partial charge in [0.15, 0.2) is 5.43 Å². The number of aromatic nitrogens is 5. The van der Waals surface area contributed by atoms with E-state index in [1.807, 2.05) is 48.7 Å². The summed E-state index contributed by atoms with van der Waals surface area (Å²) in [6.07, 6.45) is 3.40. The lowest BCUT2D eigenvalue weighted by Crippen LogP contribution is -2.11. The Bertz CT molecular complexity index is 2350. The van der Waals surface area contributed by atoms with E-state index in [-0.39, 0.29) is 16.4 Å². The fourth-order valence-corrected chi connectivity index (χ4v) is 5.40. The molecule has 7 aromatic rings. The average molecular weight is 674 g/mol. The lowest BCUT2D eigenvalue weighted by molar-refractivity contribution is 0.0923. The van der Waals surface area contributed by atoms with Crippen LogP contribution >= 0.6 is 0 Å². The molecule has 4 aromatic carbocycles. The second kappa shape index (κ2) is 15.0. The molecule has 11 nitrogen and oxygen atoms in total. The van der Waals surface area contributed by atoms with E-state index in [2.05, 4.69) is 20.3 Å². The van der Waals surface area contributed by atoms with Gasteiger partial charge >= 0.3 is 0 Å². The second-order valence-electron chi connectivity index (χ2n) is 11.5. The molecule has 0 saturated heterocycles. The molecule has 0 amide bonds. The molecule has 0 aliphatic heterocycles. The average Bonchev–Trinajstić information content (AvgIpc) is 3.60. The molecule has 0 bridgehead atoms. The Morgan fingerprint density at radius 2 is 1.54 bits per heavy atom. The fraction of sp³-hybridized carbons (Fsp3) is 0.184. The summed E-state index contributed by atoms with van der Waals surface area (Å²) in [7, 11) is 0. The van der Waals surface area contributed by atoms with Gasteiger partial charge in [0.05, 0.1) is 48.3 Å². The lowest BCUT2D eigenvalue weighted by atomic mass is 10.1. The first-order chi connectivity index (χ1) is 24.5. The first-order valence-corrected chi connectivity index (χ1v) is 16.1. The third kappa shape index (κ3) is 7.77. The third-order valence-corrected chi connectivity index (χ3v) is 7.96. The molecule has 1 N–H and O–H groups in total. The van der Waals surface area contributed by atoms with E-state index in [1.54, 1.807) is 35.0 Å². The van der Waals surface area contributed by atoms with Gasteiger partial charge in [-0.3, -0.25) is 9.59 Å². The number of nitrogens with one attached hydrogen (secondary N) is 1. The smallest absolute Gasteiger partial charge is 0.259 e. The summed E-state index contributed by atoms with van der Waals surface area (Å²) in [5.74, 6) is 1.81. The topological polar surface area (TPSA) is 134 Å². The fourth-order valence-electron chi connectivity index (χ4n) is 5.40. The van der Waals surface area contributed by atoms with Crippen molar-refractivity contribution in [2.24, 2.45) is 0 Å². The highest BCUT2D eigenvalue weighted by Gasteiger charge is 2.09. The zero-order valence-electron chi connectivity index (χ0n) is 26.9. The molecule has 0 saturated carbocycles. The molecular formula is C38H32FN5O6. The molecule has 7 rings (SSSR count). The summed E-state index contributed by atoms with van der Waals surface area (Å²) < 4.78 is 38.4. The van der Waals surface area contributed by atoms with Gasteiger partial charge in [-0.2, -0.15) is 0 Å². The van der Waals surface area contributed by atoms with E-state index >= 15 is 0 Å². The Balaban J connectivity index is 0.788. The summed E-state index contributed by atoms with van der Waals surface area (Å²) in [6.45, 7) is 2.30. The van der Waals surface area contributed by atoms with E-state index in [9.17, 15) is 14.0 Å². The number of rotatable bonds is 14. The number of aryl methyl sites for hydroxylation is 1. The molecule has 252 valence electrons. The summed E-state index contributed by atoms with van der Waals surface area (Å²) in [6, 6.07) is 27.2. The maximum Gasteiger partial charge on any atom is 0.259 e. The predicted octanol–water partition coefficient (Wildman–Crippen LogP) is 6.20. The highest BCUT2D eigenvalue weighted by molar-refractivity contribution is 5.80. The van der Waals surface area contributed by atoms with Crippen molar-refractivity contribution >= 4 is 21.9 Å². The second-order valence-corrected chi connectivity index (χ2v) is 11.5. The van der Waals surface area contributed by atoms with Gasteiger partial charge in [0, 0.05) is 23.4 Å². The number of hydrogen-bond acceptors (Lipinski definition) is 9. The van der Waals surface area contributed by atoms with Crippen LogP contribution in [0, 0.1) is 5.82 Å². The molecule has 12 heteroatoms. The van der Waals surface area contributed by atoms with Crippen LogP contribution in [-0.4, -0.2) is 51.4 Å². The van der Waals surface area contributed by atoms with Crippen molar-refractivity contribution in [2.45, 2.75) is 19.4 Å². The predicted molar refractivity (Wildman–Crippen MR) is 186 cm³/mol. The number of hydrogen-bond donors (Lipinski definition) is 1. The molecule has 0 atom stereocenters. The molecular weight excluding hydrogens is 641 g/mol. The summed E-state index contributed by atoms with van der Waals surface area (Å²) >= 11 is 0. The Labute approximate surface area is 284 Å². The van der Waals surface area contributed by atoms with E-state index in [0.29, 0.717) is 72.4 Å². The minimum atomic E-state index is -0.484. The van der Waals surface area contributed by atoms with Crippen LogP contribution in [0.25, 0.3) is 44.6 Å². The standard InChI is InChI=1S/C38H32FN5O6/c39-27-11-16-35-32(22-27)34(45)23-36(50-35)25-7-12-30(13-8-25)49-21-20-47-19-17-44-24-28(42-43-44)4-3-18-48-29-14-9-26(10-15-29)37-40-33-6-2-1-5-31(33)38(46)41-37/h1-2,5-16,22-24H,3-4,17-21H2,(H,40,41,46). The van der Waals surface area contributed by atoms with Crippen LogP contribution in [0.1, 0.15) is 12.1 Å². The van der Waals surface area contributed by atoms with E-state index in [0.717, 1.165) is 29.8 Å². The normalized spacial score (nSPS) is 11.3. The Morgan fingerprint density at radius 3 is 2.36 bits per heavy atom. The number of aromatic amines is 1. The van der Waals surface area contributed by atoms with Crippen molar-refractivity contribution in [2.75, 3.05) is 26.4 Å². The summed E-state index contributed by atoms with van der Waals surface area (Å²) in [5, 5.41) is 9.19. The van der Waals surface area contributed by atoms with Crippen molar-refractivity contribution in [3.05, 3.63) is 135 Å². The van der Waals surface area contributed by atoms with Gasteiger partial charge in [0.25, 0.3) is 5.56 Å². The molecule has 3 aromatic heterocycles. The molecule has 0 fully saturated rings. The van der Waals surface area contributed by atoms with E-state index in [1.165, 1.54) is 24.3 Å². The Hall–Kier alpha value is -6.14. The van der Waals surface area contributed by atoms with Gasteiger partial charge in [-0.05, 0) is 91.7 Å². The largest absolute Gasteiger partial charge is 0.494 e. The van der Waals surface area contributed by atoms with Gasteiger partial charge in [0.2, 0.25) is 0 Å². The number of fused-ring (bicyclic) bond motifs is 2. The molecule has 0 radical (unpaired) electrons. The molecule has 0 unspecified atom stereocenters. The van der Waals surface area contributed by atoms with Crippen LogP contribution < -0.4 is 20.5 Å². The van der Waals surface area contributed by atoms with Crippen LogP contribution in [0.2, 0.25) is 0 Å². The van der Waals surface area contributed by atoms with Crippen LogP contribution in [0.15, 0.2) is 117 Å². The van der Waals surface area contributed by atoms with Crippen molar-refractivity contribution < 1.29 is 23.0 Å². The van der Waals surface area contributed by atoms with Gasteiger partial charge in [0.1, 0.15) is 41.1 Å². The van der Waals surface area contributed by atoms with Crippen molar-refractivity contribution in [3.63, 3.8) is 0 Å². The number of ether oxygens (including phenoxy) is 3. The van der Waals surface area contributed by atoms with Crippen molar-refractivity contribution in [1.82, 2.24) is 25.0 Å². The molecule has 0 spiro atoms. The minimum Gasteiger partial charge on any atom is -0.494 e. The molecule has 50 heavy (non-hydrogen) atoms. The lowest BCUT2D eigenvalue weighted by Gasteiger charge is -2.08. The van der Waals surface area contributed by atoms with E-state index in [4.69, 9.17) is 18.6 Å². The molecule has 0 aliphatic carbocycles. The molecule has 0 aliphatic rings. The Kier molecular flexibility index (Phi) is 9.69. The van der Waals surface area contributed by atoms with Crippen molar-refractivity contribution in [3.8, 4) is 34.2 Å². The zero-order valence-corrected chi connectivity index (χ0v) is 26.9.